The van der Waals surface area contributed by atoms with Gasteiger partial charge in [0, 0.05) is 39.4 Å². The lowest BCUT2D eigenvalue weighted by Gasteiger charge is -2.34. The largest absolute Gasteiger partial charge is 0.472 e. The van der Waals surface area contributed by atoms with Crippen LogP contribution in [-0.2, 0) is 21.2 Å². The maximum Gasteiger partial charge on any atom is 0.257 e. The first kappa shape index (κ1) is 20.6. The van der Waals surface area contributed by atoms with E-state index in [1.54, 1.807) is 34.1 Å². The van der Waals surface area contributed by atoms with Gasteiger partial charge in [-0.1, -0.05) is 0 Å². The number of amides is 2. The van der Waals surface area contributed by atoms with Crippen LogP contribution in [0.2, 0.25) is 0 Å². The van der Waals surface area contributed by atoms with Gasteiger partial charge < -0.3 is 14.2 Å². The van der Waals surface area contributed by atoms with Crippen molar-refractivity contribution in [1.29, 1.82) is 0 Å². The van der Waals surface area contributed by atoms with Crippen molar-refractivity contribution in [2.75, 3.05) is 38.6 Å². The summed E-state index contributed by atoms with van der Waals surface area (Å²) in [6, 6.07) is 6.56. The van der Waals surface area contributed by atoms with Crippen molar-refractivity contribution in [2.45, 2.75) is 24.2 Å². The molecule has 1 atom stereocenters. The lowest BCUT2D eigenvalue weighted by Crippen LogP contribution is -2.46. The summed E-state index contributed by atoms with van der Waals surface area (Å²) in [6.07, 6.45) is 4.99. The predicted molar refractivity (Wildman–Crippen MR) is 111 cm³/mol. The van der Waals surface area contributed by atoms with Crippen molar-refractivity contribution < 1.29 is 22.4 Å². The number of benzene rings is 1. The van der Waals surface area contributed by atoms with Crippen LogP contribution in [0.4, 0.5) is 5.69 Å². The molecular weight excluding hydrogens is 406 g/mol. The van der Waals surface area contributed by atoms with Crippen LogP contribution in [0.5, 0.6) is 0 Å². The molecule has 2 aliphatic rings. The minimum absolute atomic E-state index is 0.0124. The number of fused-ring (bicyclic) bond motifs is 1. The first-order chi connectivity index (χ1) is 14.3. The van der Waals surface area contributed by atoms with E-state index in [1.807, 2.05) is 0 Å². The third kappa shape index (κ3) is 3.63. The fourth-order valence-corrected chi connectivity index (χ4v) is 5.08. The van der Waals surface area contributed by atoms with Crippen molar-refractivity contribution in [3.8, 4) is 0 Å². The van der Waals surface area contributed by atoms with E-state index < -0.39 is 10.0 Å². The summed E-state index contributed by atoms with van der Waals surface area (Å²) in [5, 5.41) is 0. The van der Waals surface area contributed by atoms with E-state index in [-0.39, 0.29) is 22.6 Å². The Morgan fingerprint density at radius 1 is 1.17 bits per heavy atom. The van der Waals surface area contributed by atoms with Gasteiger partial charge in [-0.25, -0.2) is 12.7 Å². The highest BCUT2D eigenvalue weighted by Crippen LogP contribution is 2.33. The molecule has 2 aromatic rings. The topological polar surface area (TPSA) is 91.1 Å². The molecule has 0 N–H and O–H groups in total. The molecule has 8 nitrogen and oxygen atoms in total. The standard InChI is InChI=1S/C21H25N3O5S/c1-22(2)30(27,28)18-5-6-19-15(12-18)7-10-24(19)21(26)16-4-3-9-23(13-16)20(25)17-8-11-29-14-17/h5-6,8,11-12,14,16H,3-4,7,9-10,13H2,1-2H3/t16-/m0/s1. The minimum atomic E-state index is -3.52. The molecule has 9 heteroatoms. The molecule has 30 heavy (non-hydrogen) atoms. The van der Waals surface area contributed by atoms with E-state index in [1.165, 1.54) is 30.9 Å². The van der Waals surface area contributed by atoms with E-state index in [0.29, 0.717) is 31.6 Å². The Bertz CT molecular complexity index is 1060. The Morgan fingerprint density at radius 3 is 2.67 bits per heavy atom. The molecule has 3 heterocycles. The third-order valence-electron chi connectivity index (χ3n) is 5.82. The van der Waals surface area contributed by atoms with Crippen LogP contribution in [0, 0.1) is 5.92 Å². The smallest absolute Gasteiger partial charge is 0.257 e. The van der Waals surface area contributed by atoms with Crippen molar-refractivity contribution in [3.05, 3.63) is 47.9 Å². The Hall–Kier alpha value is -2.65. The van der Waals surface area contributed by atoms with Gasteiger partial charge in [0.1, 0.15) is 6.26 Å². The molecule has 2 aliphatic heterocycles. The number of furan rings is 1. The number of rotatable bonds is 4. The Kier molecular flexibility index (Phi) is 5.42. The number of nitrogens with zero attached hydrogens (tertiary/aromatic N) is 3. The summed E-state index contributed by atoms with van der Waals surface area (Å²) in [4.78, 5) is 29.5. The Balaban J connectivity index is 1.51. The molecule has 0 radical (unpaired) electrons. The number of anilines is 1. The molecule has 4 rings (SSSR count). The first-order valence-corrected chi connectivity index (χ1v) is 11.4. The van der Waals surface area contributed by atoms with Crippen LogP contribution >= 0.6 is 0 Å². The van der Waals surface area contributed by atoms with Crippen molar-refractivity contribution >= 4 is 27.5 Å². The first-order valence-electron chi connectivity index (χ1n) is 9.97. The van der Waals surface area contributed by atoms with E-state index in [9.17, 15) is 18.0 Å². The molecule has 0 spiro atoms. The fraction of sp³-hybridized carbons (Fsp3) is 0.429. The second-order valence-corrected chi connectivity index (χ2v) is 10.1. The highest BCUT2D eigenvalue weighted by molar-refractivity contribution is 7.89. The van der Waals surface area contributed by atoms with E-state index in [4.69, 9.17) is 4.42 Å². The zero-order chi connectivity index (χ0) is 21.5. The fourth-order valence-electron chi connectivity index (χ4n) is 4.13. The minimum Gasteiger partial charge on any atom is -0.472 e. The van der Waals surface area contributed by atoms with E-state index >= 15 is 0 Å². The maximum absolute atomic E-state index is 13.3. The number of carbonyl (C=O) groups is 2. The van der Waals surface area contributed by atoms with Crippen molar-refractivity contribution in [2.24, 2.45) is 5.92 Å². The maximum atomic E-state index is 13.3. The molecule has 0 saturated carbocycles. The monoisotopic (exact) mass is 431 g/mol. The predicted octanol–water partition coefficient (Wildman–Crippen LogP) is 1.97. The highest BCUT2D eigenvalue weighted by Gasteiger charge is 2.35. The van der Waals surface area contributed by atoms with Crippen LogP contribution < -0.4 is 4.90 Å². The number of carbonyl (C=O) groups excluding carboxylic acids is 2. The van der Waals surface area contributed by atoms with Crippen LogP contribution in [0.25, 0.3) is 0 Å². The van der Waals surface area contributed by atoms with Crippen LogP contribution in [0.15, 0.2) is 46.1 Å². The van der Waals surface area contributed by atoms with Crippen molar-refractivity contribution in [1.82, 2.24) is 9.21 Å². The van der Waals surface area contributed by atoms with Gasteiger partial charge in [0.25, 0.3) is 5.91 Å². The van der Waals surface area contributed by atoms with Gasteiger partial charge in [-0.3, -0.25) is 9.59 Å². The number of sulfonamides is 1. The summed E-state index contributed by atoms with van der Waals surface area (Å²) in [7, 11) is -0.521. The number of piperidine rings is 1. The highest BCUT2D eigenvalue weighted by atomic mass is 32.2. The average molecular weight is 432 g/mol. The Morgan fingerprint density at radius 2 is 1.97 bits per heavy atom. The number of hydrogen-bond donors (Lipinski definition) is 0. The van der Waals surface area contributed by atoms with Crippen LogP contribution in [0.3, 0.4) is 0 Å². The van der Waals surface area contributed by atoms with Gasteiger partial charge in [-0.2, -0.15) is 0 Å². The van der Waals surface area contributed by atoms with Crippen LogP contribution in [0.1, 0.15) is 28.8 Å². The molecule has 160 valence electrons. The normalized spacial score (nSPS) is 19.2. The van der Waals surface area contributed by atoms with Gasteiger partial charge in [-0.05, 0) is 49.1 Å². The molecule has 1 aromatic carbocycles. The average Bonchev–Trinajstić information content (AvgIpc) is 3.42. The second-order valence-electron chi connectivity index (χ2n) is 7.92. The number of likely N-dealkylation sites (tertiary alicyclic amines) is 1. The Labute approximate surface area is 176 Å². The van der Waals surface area contributed by atoms with E-state index in [0.717, 1.165) is 24.1 Å². The summed E-state index contributed by atoms with van der Waals surface area (Å²) in [5.74, 6) is -0.408. The van der Waals surface area contributed by atoms with Crippen LogP contribution in [-0.4, -0.2) is 63.2 Å². The lowest BCUT2D eigenvalue weighted by molar-refractivity contribution is -0.123. The molecule has 0 bridgehead atoms. The molecule has 0 aliphatic carbocycles. The van der Waals surface area contributed by atoms with Gasteiger partial charge in [0.05, 0.1) is 22.6 Å². The number of hydrogen-bond acceptors (Lipinski definition) is 5. The van der Waals surface area contributed by atoms with E-state index in [2.05, 4.69) is 0 Å². The quantitative estimate of drug-likeness (QED) is 0.738. The summed E-state index contributed by atoms with van der Waals surface area (Å²) < 4.78 is 31.0. The van der Waals surface area contributed by atoms with Gasteiger partial charge in [0.2, 0.25) is 15.9 Å². The van der Waals surface area contributed by atoms with Gasteiger partial charge >= 0.3 is 0 Å². The second kappa shape index (κ2) is 7.88. The molecule has 1 fully saturated rings. The molecule has 0 unspecified atom stereocenters. The molecule has 1 saturated heterocycles. The van der Waals surface area contributed by atoms with Crippen molar-refractivity contribution in [3.63, 3.8) is 0 Å². The third-order valence-corrected chi connectivity index (χ3v) is 7.63. The zero-order valence-electron chi connectivity index (χ0n) is 17.1. The lowest BCUT2D eigenvalue weighted by atomic mass is 9.96. The molecule has 2 amide bonds. The SMILES string of the molecule is CN(C)S(=O)(=O)c1ccc2c(c1)CCN2C(=O)[C@H]1CCCN(C(=O)c2ccoc2)C1. The summed E-state index contributed by atoms with van der Waals surface area (Å²) in [6.45, 7) is 1.52. The zero-order valence-corrected chi connectivity index (χ0v) is 17.9. The summed E-state index contributed by atoms with van der Waals surface area (Å²) in [5.41, 5.74) is 2.11. The molecule has 1 aromatic heterocycles. The van der Waals surface area contributed by atoms with Gasteiger partial charge in [0.15, 0.2) is 0 Å². The molecular formula is C21H25N3O5S. The van der Waals surface area contributed by atoms with Gasteiger partial charge in [-0.15, -0.1) is 0 Å². The summed E-state index contributed by atoms with van der Waals surface area (Å²) >= 11 is 0.